The number of nitrogens with zero attached hydrogens (tertiary/aromatic N) is 6. The highest BCUT2D eigenvalue weighted by Gasteiger charge is 2.27. The number of pyridine rings is 1. The van der Waals surface area contributed by atoms with E-state index in [1.165, 1.54) is 4.68 Å². The lowest BCUT2D eigenvalue weighted by molar-refractivity contribution is 0.471. The number of nitrogens with two attached hydrogens (primary N) is 1. The lowest BCUT2D eigenvalue weighted by atomic mass is 10.0. The van der Waals surface area contributed by atoms with Gasteiger partial charge in [-0.15, -0.1) is 5.92 Å². The predicted octanol–water partition coefficient (Wildman–Crippen LogP) is 2.96. The normalized spacial score (nSPS) is 15.3. The highest BCUT2D eigenvalue weighted by Crippen LogP contribution is 2.23. The van der Waals surface area contributed by atoms with Crippen molar-refractivity contribution < 1.29 is 0 Å². The van der Waals surface area contributed by atoms with E-state index in [0.717, 1.165) is 41.3 Å². The summed E-state index contributed by atoms with van der Waals surface area (Å²) >= 11 is 0. The first-order valence-electron chi connectivity index (χ1n) is 13.5. The number of hydrogen-bond donors (Lipinski definition) is 1. The Morgan fingerprint density at radius 2 is 1.82 bits per heavy atom. The Bertz CT molecular complexity index is 1870. The summed E-state index contributed by atoms with van der Waals surface area (Å²) < 4.78 is 4.84. The average molecular weight is 534 g/mol. The van der Waals surface area contributed by atoms with Crippen molar-refractivity contribution >= 4 is 27.8 Å². The molecule has 6 rings (SSSR count). The molecule has 1 unspecified atom stereocenters. The van der Waals surface area contributed by atoms with Gasteiger partial charge in [0.1, 0.15) is 5.52 Å². The molecule has 0 radical (unpaired) electrons. The Hall–Kier alpha value is -4.68. The van der Waals surface area contributed by atoms with E-state index in [0.29, 0.717) is 12.5 Å². The third kappa shape index (κ3) is 4.67. The van der Waals surface area contributed by atoms with Gasteiger partial charge in [0.25, 0.3) is 11.1 Å². The Labute approximate surface area is 231 Å². The zero-order valence-electron chi connectivity index (χ0n) is 22.5. The number of piperidine rings is 1. The summed E-state index contributed by atoms with van der Waals surface area (Å²) in [4.78, 5) is 39.7. The Kier molecular flexibility index (Phi) is 6.93. The molecule has 2 N–H and O–H groups in total. The molecule has 0 bridgehead atoms. The fraction of sp³-hybridized carbons (Fsp3) is 0.290. The number of fused-ring (bicyclic) bond motifs is 2. The molecule has 1 atom stereocenters. The molecule has 40 heavy (non-hydrogen) atoms. The minimum atomic E-state index is -0.329. The molecule has 4 heterocycles. The summed E-state index contributed by atoms with van der Waals surface area (Å²) in [7, 11) is 0. The van der Waals surface area contributed by atoms with Crippen LogP contribution in [0.5, 0.6) is 0 Å². The summed E-state index contributed by atoms with van der Waals surface area (Å²) in [6.45, 7) is 3.79. The van der Waals surface area contributed by atoms with Crippen LogP contribution in [-0.4, -0.2) is 43.0 Å². The first kappa shape index (κ1) is 25.6. The van der Waals surface area contributed by atoms with Crippen LogP contribution in [0.3, 0.4) is 0 Å². The Balaban J connectivity index is 1.61. The first-order valence-corrected chi connectivity index (χ1v) is 13.5. The van der Waals surface area contributed by atoms with Crippen molar-refractivity contribution in [1.82, 2.24) is 23.9 Å². The molecule has 5 aromatic rings. The molecule has 1 aliphatic heterocycles. The van der Waals surface area contributed by atoms with E-state index < -0.39 is 0 Å². The second-order valence-corrected chi connectivity index (χ2v) is 10.2. The van der Waals surface area contributed by atoms with Crippen molar-refractivity contribution in [3.05, 3.63) is 98.8 Å². The Morgan fingerprint density at radius 1 is 1.00 bits per heavy atom. The molecule has 0 aliphatic carbocycles. The van der Waals surface area contributed by atoms with Crippen LogP contribution in [0.15, 0.2) is 76.6 Å². The van der Waals surface area contributed by atoms with Gasteiger partial charge in [-0.2, -0.15) is 0 Å². The van der Waals surface area contributed by atoms with Crippen LogP contribution in [0.25, 0.3) is 21.8 Å². The van der Waals surface area contributed by atoms with Crippen LogP contribution < -0.4 is 21.8 Å². The zero-order valence-corrected chi connectivity index (χ0v) is 22.5. The van der Waals surface area contributed by atoms with Gasteiger partial charge in [-0.3, -0.25) is 19.1 Å². The minimum Gasteiger partial charge on any atom is -0.341 e. The molecule has 1 fully saturated rings. The fourth-order valence-electron chi connectivity index (χ4n) is 5.58. The molecule has 1 aliphatic rings. The smallest absolute Gasteiger partial charge is 0.293 e. The van der Waals surface area contributed by atoms with E-state index in [2.05, 4.69) is 21.7 Å². The highest BCUT2D eigenvalue weighted by atomic mass is 16.2. The van der Waals surface area contributed by atoms with Crippen LogP contribution in [0.4, 0.5) is 5.95 Å². The molecule has 0 saturated carbocycles. The van der Waals surface area contributed by atoms with Crippen molar-refractivity contribution in [3.8, 4) is 11.8 Å². The van der Waals surface area contributed by atoms with Crippen LogP contribution >= 0.6 is 0 Å². The summed E-state index contributed by atoms with van der Waals surface area (Å²) in [6.07, 6.45) is 5.24. The number of rotatable bonds is 6. The SMILES string of the molecule is CC#CCn1c(N2CCCC(N)C2)nc2c(=O)n(Cc3cccnc3)n(Cc3cccc4ccccc34)c(=O)c21. The molecule has 3 aromatic heterocycles. The molecular formula is C31H31N7O2. The monoisotopic (exact) mass is 533 g/mol. The quantitative estimate of drug-likeness (QED) is 0.337. The van der Waals surface area contributed by atoms with Gasteiger partial charge in [-0.1, -0.05) is 54.5 Å². The average Bonchev–Trinajstić information content (AvgIpc) is 3.37. The second-order valence-electron chi connectivity index (χ2n) is 10.2. The molecule has 2 aromatic carbocycles. The van der Waals surface area contributed by atoms with Gasteiger partial charge in [-0.25, -0.2) is 14.3 Å². The number of hydrogen-bond acceptors (Lipinski definition) is 6. The lowest BCUT2D eigenvalue weighted by Crippen LogP contribution is -2.44. The second kappa shape index (κ2) is 10.8. The maximum absolute atomic E-state index is 14.4. The Morgan fingerprint density at radius 3 is 2.62 bits per heavy atom. The predicted molar refractivity (Wildman–Crippen MR) is 158 cm³/mol. The number of benzene rings is 2. The molecule has 9 nitrogen and oxygen atoms in total. The summed E-state index contributed by atoms with van der Waals surface area (Å²) in [5.41, 5.74) is 7.85. The molecule has 1 saturated heterocycles. The molecule has 0 spiro atoms. The van der Waals surface area contributed by atoms with Gasteiger partial charge in [0.15, 0.2) is 5.52 Å². The van der Waals surface area contributed by atoms with Crippen molar-refractivity contribution in [2.75, 3.05) is 18.0 Å². The van der Waals surface area contributed by atoms with E-state index in [9.17, 15) is 9.59 Å². The third-order valence-electron chi connectivity index (χ3n) is 7.52. The summed E-state index contributed by atoms with van der Waals surface area (Å²) in [6, 6.07) is 17.8. The van der Waals surface area contributed by atoms with Gasteiger partial charge in [-0.05, 0) is 47.7 Å². The standard InChI is InChI=1S/C31H31N7O2/c1-2-3-17-36-28-27(34-31(36)35-16-8-13-25(32)21-35)29(39)37(19-22-9-7-15-33-18-22)38(30(28)40)20-24-12-6-11-23-10-4-5-14-26(23)24/h4-7,9-12,14-15,18,25H,8,13,16-17,19-21,32H2,1H3. The maximum Gasteiger partial charge on any atom is 0.293 e. The lowest BCUT2D eigenvalue weighted by Gasteiger charge is -2.31. The number of anilines is 1. The van der Waals surface area contributed by atoms with Crippen molar-refractivity contribution in [3.63, 3.8) is 0 Å². The first-order chi connectivity index (χ1) is 19.5. The van der Waals surface area contributed by atoms with E-state index in [1.807, 2.05) is 54.6 Å². The van der Waals surface area contributed by atoms with Gasteiger partial charge in [0, 0.05) is 31.5 Å². The topological polar surface area (TPSA) is 104 Å². The van der Waals surface area contributed by atoms with E-state index in [4.69, 9.17) is 10.7 Å². The molecule has 202 valence electrons. The number of aromatic nitrogens is 5. The summed E-state index contributed by atoms with van der Waals surface area (Å²) in [5, 5.41) is 2.10. The van der Waals surface area contributed by atoms with Gasteiger partial charge >= 0.3 is 0 Å². The van der Waals surface area contributed by atoms with Gasteiger partial charge in [0.2, 0.25) is 5.95 Å². The van der Waals surface area contributed by atoms with Crippen LogP contribution in [0.2, 0.25) is 0 Å². The van der Waals surface area contributed by atoms with Crippen LogP contribution in [0.1, 0.15) is 30.9 Å². The highest BCUT2D eigenvalue weighted by molar-refractivity contribution is 5.85. The molecular weight excluding hydrogens is 502 g/mol. The number of imidazole rings is 1. The maximum atomic E-state index is 14.4. The van der Waals surface area contributed by atoms with E-state index in [1.54, 1.807) is 28.6 Å². The summed E-state index contributed by atoms with van der Waals surface area (Å²) in [5.74, 6) is 6.57. The van der Waals surface area contributed by atoms with Gasteiger partial charge in [0.05, 0.1) is 19.6 Å². The van der Waals surface area contributed by atoms with Crippen molar-refractivity contribution in [2.24, 2.45) is 5.73 Å². The zero-order chi connectivity index (χ0) is 27.6. The molecule has 9 heteroatoms. The third-order valence-corrected chi connectivity index (χ3v) is 7.52. The fourth-order valence-corrected chi connectivity index (χ4v) is 5.58. The molecule has 0 amide bonds. The van der Waals surface area contributed by atoms with Crippen LogP contribution in [0, 0.1) is 11.8 Å². The van der Waals surface area contributed by atoms with Crippen LogP contribution in [-0.2, 0) is 19.6 Å². The van der Waals surface area contributed by atoms with E-state index >= 15 is 0 Å². The van der Waals surface area contributed by atoms with Crippen molar-refractivity contribution in [2.45, 2.75) is 45.4 Å². The largest absolute Gasteiger partial charge is 0.341 e. The van der Waals surface area contributed by atoms with Gasteiger partial charge < -0.3 is 10.6 Å². The van der Waals surface area contributed by atoms with Crippen molar-refractivity contribution in [1.29, 1.82) is 0 Å². The minimum absolute atomic E-state index is 0.00419. The van der Waals surface area contributed by atoms with E-state index in [-0.39, 0.29) is 47.8 Å².